The second kappa shape index (κ2) is 9.13. The number of pyridine rings is 2. The molecule has 2 fully saturated rings. The van der Waals surface area contributed by atoms with Crippen LogP contribution < -0.4 is 15.9 Å². The fourth-order valence-electron chi connectivity index (χ4n) is 6.32. The van der Waals surface area contributed by atoms with Crippen molar-refractivity contribution < 1.29 is 9.18 Å². The van der Waals surface area contributed by atoms with Crippen LogP contribution in [-0.2, 0) is 13.1 Å². The number of carbonyl (C=O) groups excluding carboxylic acids is 1. The number of rotatable bonds is 3. The summed E-state index contributed by atoms with van der Waals surface area (Å²) in [5.41, 5.74) is 1.72. The van der Waals surface area contributed by atoms with Gasteiger partial charge in [-0.25, -0.2) is 4.39 Å². The van der Waals surface area contributed by atoms with Gasteiger partial charge in [-0.3, -0.25) is 14.4 Å². The summed E-state index contributed by atoms with van der Waals surface area (Å²) in [5.74, 6) is -0.554. The zero-order valence-electron chi connectivity index (χ0n) is 21.3. The molecule has 2 bridgehead atoms. The molecule has 9 heteroatoms. The summed E-state index contributed by atoms with van der Waals surface area (Å²) in [6.07, 6.45) is 3.14. The smallest absolute Gasteiger partial charge is 0.259 e. The van der Waals surface area contributed by atoms with E-state index in [9.17, 15) is 14.4 Å². The molecule has 0 aliphatic carbocycles. The van der Waals surface area contributed by atoms with Crippen LogP contribution in [0, 0.1) is 5.82 Å². The Morgan fingerprint density at radius 1 is 1.08 bits per heavy atom. The predicted molar refractivity (Wildman–Crippen MR) is 141 cm³/mol. The van der Waals surface area contributed by atoms with Crippen molar-refractivity contribution in [2.75, 3.05) is 44.7 Å². The number of aryl methyl sites for hydroxylation is 1. The molecule has 194 valence electrons. The molecular weight excluding hydrogens is 473 g/mol. The number of fused-ring (bicyclic) bond motifs is 5. The molecule has 0 spiro atoms. The first-order valence-electron chi connectivity index (χ1n) is 13.2. The van der Waals surface area contributed by atoms with Crippen LogP contribution >= 0.6 is 0 Å². The number of hydrogen-bond donors (Lipinski definition) is 0. The van der Waals surface area contributed by atoms with E-state index in [0.29, 0.717) is 30.8 Å². The number of amides is 1. The fourth-order valence-corrected chi connectivity index (χ4v) is 6.32. The van der Waals surface area contributed by atoms with Crippen LogP contribution in [0.5, 0.6) is 0 Å². The maximum atomic E-state index is 15.3. The Morgan fingerprint density at radius 2 is 1.86 bits per heavy atom. The maximum Gasteiger partial charge on any atom is 0.259 e. The van der Waals surface area contributed by atoms with E-state index in [0.717, 1.165) is 44.7 Å². The number of hydrogen-bond acceptors (Lipinski definition) is 5. The van der Waals surface area contributed by atoms with Crippen LogP contribution in [0.15, 0.2) is 46.1 Å². The highest BCUT2D eigenvalue weighted by molar-refractivity contribution is 5.98. The standard InChI is InChI=1S/C28H32FN5O3/c1-3-31-17-21(27(36)20-14-22(29)25(15-24(20)31)32-11-9-30(2)10-12-32)28(37)33-8-7-18-13-19(33)16-34-23(18)5-4-6-26(34)35/h4-6,14-15,17-19H,3,7-13,16H2,1-2H3/t18-,19+/m0/s1. The highest BCUT2D eigenvalue weighted by atomic mass is 19.1. The van der Waals surface area contributed by atoms with E-state index in [-0.39, 0.29) is 34.4 Å². The lowest BCUT2D eigenvalue weighted by Gasteiger charge is -2.44. The molecule has 37 heavy (non-hydrogen) atoms. The fraction of sp³-hybridized carbons (Fsp3) is 0.464. The molecular formula is C28H32FN5O3. The number of anilines is 1. The first kappa shape index (κ1) is 23.9. The molecule has 0 radical (unpaired) electrons. The van der Waals surface area contributed by atoms with Crippen molar-refractivity contribution in [2.24, 2.45) is 0 Å². The van der Waals surface area contributed by atoms with Crippen LogP contribution in [-0.4, -0.2) is 70.7 Å². The van der Waals surface area contributed by atoms with E-state index in [1.165, 1.54) is 6.07 Å². The van der Waals surface area contributed by atoms with Gasteiger partial charge >= 0.3 is 0 Å². The quantitative estimate of drug-likeness (QED) is 0.547. The summed E-state index contributed by atoms with van der Waals surface area (Å²) in [6, 6.07) is 8.24. The Morgan fingerprint density at radius 3 is 2.62 bits per heavy atom. The summed E-state index contributed by atoms with van der Waals surface area (Å²) < 4.78 is 19.0. The lowest BCUT2D eigenvalue weighted by Crippen LogP contribution is -2.53. The van der Waals surface area contributed by atoms with Gasteiger partial charge in [0.25, 0.3) is 11.5 Å². The van der Waals surface area contributed by atoms with Gasteiger partial charge in [0.2, 0.25) is 5.43 Å². The highest BCUT2D eigenvalue weighted by Gasteiger charge is 2.38. The van der Waals surface area contributed by atoms with Crippen LogP contribution in [0.4, 0.5) is 10.1 Å². The molecule has 8 nitrogen and oxygen atoms in total. The number of piperazine rings is 1. The number of benzene rings is 1. The number of halogens is 1. The third kappa shape index (κ3) is 3.96. The Balaban J connectivity index is 1.37. The minimum atomic E-state index is -0.441. The average Bonchev–Trinajstić information content (AvgIpc) is 2.90. The SMILES string of the molecule is CCn1cc(C(=O)N2CC[C@H]3C[C@@H]2Cn2c3cccc2=O)c(=O)c2cc(F)c(N3CCN(C)CC3)cc21. The average molecular weight is 506 g/mol. The largest absolute Gasteiger partial charge is 0.367 e. The normalized spacial score (nSPS) is 21.8. The molecule has 5 heterocycles. The van der Waals surface area contributed by atoms with Crippen molar-refractivity contribution in [3.05, 3.63) is 74.2 Å². The summed E-state index contributed by atoms with van der Waals surface area (Å²) in [4.78, 5) is 45.8. The number of likely N-dealkylation sites (N-methyl/N-ethyl adjacent to an activating group) is 1. The molecule has 1 aromatic carbocycles. The molecule has 3 aromatic rings. The Hall–Kier alpha value is -3.46. The zero-order chi connectivity index (χ0) is 25.8. The second-order valence-corrected chi connectivity index (χ2v) is 10.5. The van der Waals surface area contributed by atoms with Gasteiger partial charge in [-0.15, -0.1) is 0 Å². The Kier molecular flexibility index (Phi) is 5.90. The van der Waals surface area contributed by atoms with Gasteiger partial charge in [0.05, 0.1) is 17.2 Å². The van der Waals surface area contributed by atoms with E-state index >= 15 is 4.39 Å². The number of aromatic nitrogens is 2. The monoisotopic (exact) mass is 505 g/mol. The minimum Gasteiger partial charge on any atom is -0.367 e. The van der Waals surface area contributed by atoms with Crippen molar-refractivity contribution >= 4 is 22.5 Å². The number of nitrogens with zero attached hydrogens (tertiary/aromatic N) is 5. The molecule has 0 saturated carbocycles. The molecule has 6 rings (SSSR count). The van der Waals surface area contributed by atoms with Crippen LogP contribution in [0.25, 0.3) is 10.9 Å². The summed E-state index contributed by atoms with van der Waals surface area (Å²) in [6.45, 7) is 6.57. The first-order valence-corrected chi connectivity index (χ1v) is 13.2. The summed E-state index contributed by atoms with van der Waals surface area (Å²) in [5, 5.41) is 0.225. The summed E-state index contributed by atoms with van der Waals surface area (Å²) >= 11 is 0. The van der Waals surface area contributed by atoms with E-state index in [1.54, 1.807) is 33.9 Å². The molecule has 3 aliphatic rings. The number of carbonyl (C=O) groups is 1. The lowest BCUT2D eigenvalue weighted by molar-refractivity contribution is 0.0515. The molecule has 2 aromatic heterocycles. The van der Waals surface area contributed by atoms with Crippen LogP contribution in [0.2, 0.25) is 0 Å². The maximum absolute atomic E-state index is 15.3. The van der Waals surface area contributed by atoms with E-state index in [1.807, 2.05) is 29.5 Å². The number of piperidine rings is 1. The minimum absolute atomic E-state index is 0.0609. The summed E-state index contributed by atoms with van der Waals surface area (Å²) in [7, 11) is 2.05. The zero-order valence-corrected chi connectivity index (χ0v) is 21.3. The predicted octanol–water partition coefficient (Wildman–Crippen LogP) is 2.48. The third-order valence-corrected chi connectivity index (χ3v) is 8.44. The Bertz CT molecular complexity index is 1500. The lowest BCUT2D eigenvalue weighted by atomic mass is 9.84. The topological polar surface area (TPSA) is 70.8 Å². The molecule has 0 N–H and O–H groups in total. The van der Waals surface area contributed by atoms with Crippen molar-refractivity contribution in [3.8, 4) is 0 Å². The van der Waals surface area contributed by atoms with Crippen molar-refractivity contribution in [1.29, 1.82) is 0 Å². The van der Waals surface area contributed by atoms with Crippen molar-refractivity contribution in [2.45, 2.75) is 44.8 Å². The number of likely N-dealkylation sites (tertiary alicyclic amines) is 1. The second-order valence-electron chi connectivity index (χ2n) is 10.5. The molecule has 2 saturated heterocycles. The van der Waals surface area contributed by atoms with E-state index in [2.05, 4.69) is 4.90 Å². The molecule has 0 unspecified atom stereocenters. The van der Waals surface area contributed by atoms with E-state index in [4.69, 9.17) is 0 Å². The third-order valence-electron chi connectivity index (χ3n) is 8.44. The van der Waals surface area contributed by atoms with Gasteiger partial charge in [-0.1, -0.05) is 6.07 Å². The van der Waals surface area contributed by atoms with Crippen molar-refractivity contribution in [3.63, 3.8) is 0 Å². The highest BCUT2D eigenvalue weighted by Crippen LogP contribution is 2.36. The van der Waals surface area contributed by atoms with Crippen LogP contribution in [0.3, 0.4) is 0 Å². The van der Waals surface area contributed by atoms with Gasteiger partial charge in [0.15, 0.2) is 0 Å². The molecule has 2 atom stereocenters. The van der Waals surface area contributed by atoms with Gasteiger partial charge in [0, 0.05) is 75.1 Å². The van der Waals surface area contributed by atoms with Crippen molar-refractivity contribution in [1.82, 2.24) is 18.9 Å². The van der Waals surface area contributed by atoms with Gasteiger partial charge < -0.3 is 23.8 Å². The van der Waals surface area contributed by atoms with Gasteiger partial charge in [-0.05, 0) is 45.0 Å². The van der Waals surface area contributed by atoms with Gasteiger partial charge in [-0.2, -0.15) is 0 Å². The molecule has 1 amide bonds. The molecule has 3 aliphatic heterocycles. The van der Waals surface area contributed by atoms with Gasteiger partial charge in [0.1, 0.15) is 11.4 Å². The Labute approximate surface area is 214 Å². The van der Waals surface area contributed by atoms with Crippen LogP contribution in [0.1, 0.15) is 41.7 Å². The first-order chi connectivity index (χ1) is 17.9. The van der Waals surface area contributed by atoms with E-state index < -0.39 is 11.2 Å².